The van der Waals surface area contributed by atoms with Crippen molar-refractivity contribution in [2.24, 2.45) is 0 Å². The summed E-state index contributed by atoms with van der Waals surface area (Å²) in [4.78, 5) is 12.3. The lowest BCUT2D eigenvalue weighted by Crippen LogP contribution is -2.26. The van der Waals surface area contributed by atoms with E-state index in [1.165, 1.54) is 0 Å². The number of carbonyl (C=O) groups is 1. The summed E-state index contributed by atoms with van der Waals surface area (Å²) in [5, 5.41) is 13.1. The Hall–Kier alpha value is -2.77. The van der Waals surface area contributed by atoms with Gasteiger partial charge in [-0.25, -0.2) is 0 Å². The topological polar surface area (TPSA) is 66.0 Å². The number of carbonyl (C=O) groups excluding carboxylic acids is 1. The predicted octanol–water partition coefficient (Wildman–Crippen LogP) is 4.45. The van der Waals surface area contributed by atoms with Gasteiger partial charge in [-0.05, 0) is 48.9 Å². The fourth-order valence-electron chi connectivity index (χ4n) is 2.32. The Morgan fingerprint density at radius 1 is 1.22 bits per heavy atom. The molecule has 3 aromatic rings. The fourth-order valence-corrected chi connectivity index (χ4v) is 2.50. The molecule has 2 aromatic carbocycles. The van der Waals surface area contributed by atoms with E-state index < -0.39 is 0 Å². The molecule has 1 amide bonds. The summed E-state index contributed by atoms with van der Waals surface area (Å²) in [5.74, 6) is -0.0584. The first kappa shape index (κ1) is 15.1. The first-order valence-corrected chi connectivity index (χ1v) is 7.44. The Bertz CT molecular complexity index is 907. The van der Waals surface area contributed by atoms with Gasteiger partial charge in [-0.3, -0.25) is 4.79 Å². The maximum atomic E-state index is 12.3. The van der Waals surface area contributed by atoms with Crippen LogP contribution < -0.4 is 5.32 Å². The normalized spacial score (nSPS) is 11.9. The number of benzene rings is 2. The second-order valence-electron chi connectivity index (χ2n) is 5.22. The Morgan fingerprint density at radius 2 is 1.96 bits per heavy atom. The third-order valence-corrected chi connectivity index (χ3v) is 3.82. The molecule has 3 rings (SSSR count). The molecule has 0 saturated heterocycles. The summed E-state index contributed by atoms with van der Waals surface area (Å²) in [6.45, 7) is 1.87. The molecule has 0 saturated carbocycles. The number of hydrogen-bond donors (Lipinski definition) is 1. The maximum Gasteiger partial charge on any atom is 0.287 e. The quantitative estimate of drug-likeness (QED) is 0.774. The molecule has 23 heavy (non-hydrogen) atoms. The van der Waals surface area contributed by atoms with Crippen molar-refractivity contribution in [3.05, 3.63) is 70.4 Å². The zero-order valence-corrected chi connectivity index (χ0v) is 13.1. The smallest absolute Gasteiger partial charge is 0.287 e. The van der Waals surface area contributed by atoms with E-state index >= 15 is 0 Å². The van der Waals surface area contributed by atoms with Gasteiger partial charge in [0.25, 0.3) is 5.91 Å². The monoisotopic (exact) mass is 324 g/mol. The van der Waals surface area contributed by atoms with Crippen LogP contribution in [-0.4, -0.2) is 5.91 Å². The standard InChI is InChI=1S/C18H13ClN2O2/c1-11(13-4-2-12(10-20)3-5-13)21-18(22)17-9-14-8-15(19)6-7-16(14)23-17/h2-9,11H,1H3,(H,21,22). The highest BCUT2D eigenvalue weighted by Crippen LogP contribution is 2.23. The fraction of sp³-hybridized carbons (Fsp3) is 0.111. The number of hydrogen-bond acceptors (Lipinski definition) is 3. The molecule has 0 spiro atoms. The van der Waals surface area contributed by atoms with E-state index in [1.54, 1.807) is 36.4 Å². The second kappa shape index (κ2) is 6.15. The molecule has 0 fully saturated rings. The lowest BCUT2D eigenvalue weighted by Gasteiger charge is -2.13. The first-order chi connectivity index (χ1) is 11.1. The lowest BCUT2D eigenvalue weighted by atomic mass is 10.1. The second-order valence-corrected chi connectivity index (χ2v) is 5.66. The molecule has 5 heteroatoms. The van der Waals surface area contributed by atoms with Crippen LogP contribution in [0.1, 0.15) is 34.6 Å². The van der Waals surface area contributed by atoms with Crippen molar-refractivity contribution in [1.29, 1.82) is 5.26 Å². The van der Waals surface area contributed by atoms with Crippen LogP contribution in [0.25, 0.3) is 11.0 Å². The molecule has 0 aliphatic rings. The number of fused-ring (bicyclic) bond motifs is 1. The zero-order valence-electron chi connectivity index (χ0n) is 12.3. The molecule has 1 N–H and O–H groups in total. The van der Waals surface area contributed by atoms with Crippen LogP contribution in [-0.2, 0) is 0 Å². The van der Waals surface area contributed by atoms with Crippen molar-refractivity contribution in [3.8, 4) is 6.07 Å². The molecule has 1 heterocycles. The van der Waals surface area contributed by atoms with Crippen molar-refractivity contribution in [1.82, 2.24) is 5.32 Å². The molecule has 1 unspecified atom stereocenters. The number of nitrogens with zero attached hydrogens (tertiary/aromatic N) is 1. The third-order valence-electron chi connectivity index (χ3n) is 3.59. The van der Waals surface area contributed by atoms with Gasteiger partial charge in [0.05, 0.1) is 17.7 Å². The van der Waals surface area contributed by atoms with Gasteiger partial charge < -0.3 is 9.73 Å². The predicted molar refractivity (Wildman–Crippen MR) is 88.3 cm³/mol. The van der Waals surface area contributed by atoms with E-state index in [2.05, 4.69) is 11.4 Å². The Kier molecular flexibility index (Phi) is 4.05. The van der Waals surface area contributed by atoms with Gasteiger partial charge in [0.1, 0.15) is 5.58 Å². The van der Waals surface area contributed by atoms with Gasteiger partial charge in [0.15, 0.2) is 5.76 Å². The molecular weight excluding hydrogens is 312 g/mol. The van der Waals surface area contributed by atoms with Crippen LogP contribution in [0.3, 0.4) is 0 Å². The first-order valence-electron chi connectivity index (χ1n) is 7.07. The van der Waals surface area contributed by atoms with Crippen LogP contribution in [0, 0.1) is 11.3 Å². The Morgan fingerprint density at radius 3 is 2.65 bits per heavy atom. The molecule has 4 nitrogen and oxygen atoms in total. The molecule has 0 radical (unpaired) electrons. The van der Waals surface area contributed by atoms with Crippen LogP contribution in [0.2, 0.25) is 5.02 Å². The lowest BCUT2D eigenvalue weighted by molar-refractivity contribution is 0.0914. The van der Waals surface area contributed by atoms with Crippen molar-refractivity contribution < 1.29 is 9.21 Å². The highest BCUT2D eigenvalue weighted by atomic mass is 35.5. The van der Waals surface area contributed by atoms with Crippen molar-refractivity contribution in [2.75, 3.05) is 0 Å². The molecule has 1 atom stereocenters. The number of amides is 1. The highest BCUT2D eigenvalue weighted by Gasteiger charge is 2.16. The summed E-state index contributed by atoms with van der Waals surface area (Å²) >= 11 is 5.93. The van der Waals surface area contributed by atoms with E-state index in [0.29, 0.717) is 16.2 Å². The minimum Gasteiger partial charge on any atom is -0.451 e. The highest BCUT2D eigenvalue weighted by molar-refractivity contribution is 6.31. The summed E-state index contributed by atoms with van der Waals surface area (Å²) in [5.41, 5.74) is 2.11. The van der Waals surface area contributed by atoms with Gasteiger partial charge in [0.2, 0.25) is 0 Å². The van der Waals surface area contributed by atoms with Crippen molar-refractivity contribution >= 4 is 28.5 Å². The van der Waals surface area contributed by atoms with E-state index in [1.807, 2.05) is 19.1 Å². The van der Waals surface area contributed by atoms with E-state index in [-0.39, 0.29) is 17.7 Å². The Labute approximate surface area is 138 Å². The molecule has 0 bridgehead atoms. The van der Waals surface area contributed by atoms with E-state index in [9.17, 15) is 4.79 Å². The minimum absolute atomic E-state index is 0.202. The maximum absolute atomic E-state index is 12.3. The third kappa shape index (κ3) is 3.20. The minimum atomic E-state index is -0.297. The zero-order chi connectivity index (χ0) is 16.4. The van der Waals surface area contributed by atoms with Gasteiger partial charge in [-0.2, -0.15) is 5.26 Å². The number of halogens is 1. The van der Waals surface area contributed by atoms with Crippen molar-refractivity contribution in [3.63, 3.8) is 0 Å². The van der Waals surface area contributed by atoms with Gasteiger partial charge in [-0.1, -0.05) is 23.7 Å². The van der Waals surface area contributed by atoms with Gasteiger partial charge in [0, 0.05) is 10.4 Å². The Balaban J connectivity index is 1.77. The van der Waals surface area contributed by atoms with Gasteiger partial charge >= 0.3 is 0 Å². The van der Waals surface area contributed by atoms with Crippen LogP contribution in [0.15, 0.2) is 52.9 Å². The average molecular weight is 325 g/mol. The number of furan rings is 1. The summed E-state index contributed by atoms with van der Waals surface area (Å²) < 4.78 is 5.54. The van der Waals surface area contributed by atoms with Crippen molar-refractivity contribution in [2.45, 2.75) is 13.0 Å². The SMILES string of the molecule is CC(NC(=O)c1cc2cc(Cl)ccc2o1)c1ccc(C#N)cc1. The summed E-state index contributed by atoms with van der Waals surface area (Å²) in [7, 11) is 0. The number of nitriles is 1. The molecule has 0 aliphatic carbocycles. The number of rotatable bonds is 3. The molecule has 114 valence electrons. The summed E-state index contributed by atoms with van der Waals surface area (Å²) in [6, 6.07) is 15.8. The molecular formula is C18H13ClN2O2. The van der Waals surface area contributed by atoms with Crippen LogP contribution >= 0.6 is 11.6 Å². The molecule has 0 aliphatic heterocycles. The molecule has 1 aromatic heterocycles. The number of nitrogens with one attached hydrogen (secondary N) is 1. The van der Waals surface area contributed by atoms with E-state index in [4.69, 9.17) is 21.3 Å². The summed E-state index contributed by atoms with van der Waals surface area (Å²) in [6.07, 6.45) is 0. The average Bonchev–Trinajstić information content (AvgIpc) is 2.98. The largest absolute Gasteiger partial charge is 0.451 e. The van der Waals surface area contributed by atoms with Crippen LogP contribution in [0.5, 0.6) is 0 Å². The van der Waals surface area contributed by atoms with E-state index in [0.717, 1.165) is 10.9 Å². The van der Waals surface area contributed by atoms with Crippen LogP contribution in [0.4, 0.5) is 0 Å². The van der Waals surface area contributed by atoms with Gasteiger partial charge in [-0.15, -0.1) is 0 Å².